The maximum atomic E-state index is 12.0. The number of carbonyl (C=O) groups is 3. The largest absolute Gasteiger partial charge is 0.480 e. The van der Waals surface area contributed by atoms with Crippen LogP contribution >= 0.6 is 11.8 Å². The van der Waals surface area contributed by atoms with Gasteiger partial charge in [0.1, 0.15) is 10.9 Å². The molecular weight excluding hydrogens is 318 g/mol. The van der Waals surface area contributed by atoms with Gasteiger partial charge in [-0.1, -0.05) is 42.1 Å². The van der Waals surface area contributed by atoms with Crippen LogP contribution in [0, 0.1) is 0 Å². The second-order valence-electron chi connectivity index (χ2n) is 5.90. The van der Waals surface area contributed by atoms with E-state index in [2.05, 4.69) is 5.32 Å². The molecule has 6 nitrogen and oxygen atoms in total. The van der Waals surface area contributed by atoms with E-state index < -0.39 is 29.0 Å². The molecule has 0 aliphatic rings. The topological polar surface area (TPSA) is 92.7 Å². The van der Waals surface area contributed by atoms with Gasteiger partial charge in [-0.2, -0.15) is 0 Å². The van der Waals surface area contributed by atoms with Gasteiger partial charge >= 0.3 is 12.1 Å². The molecule has 0 bridgehead atoms. The molecule has 0 heterocycles. The van der Waals surface area contributed by atoms with Crippen LogP contribution in [-0.2, 0) is 14.3 Å². The minimum absolute atomic E-state index is 0.343. The van der Waals surface area contributed by atoms with E-state index in [0.717, 1.165) is 0 Å². The highest BCUT2D eigenvalue weighted by Crippen LogP contribution is 2.28. The van der Waals surface area contributed by atoms with Crippen molar-refractivity contribution in [1.29, 1.82) is 0 Å². The molecule has 1 unspecified atom stereocenters. The number of aliphatic carboxylic acids is 1. The van der Waals surface area contributed by atoms with Gasteiger partial charge in [-0.25, -0.2) is 4.79 Å². The molecule has 23 heavy (non-hydrogen) atoms. The molecule has 1 amide bonds. The van der Waals surface area contributed by atoms with Crippen molar-refractivity contribution in [3.63, 3.8) is 0 Å². The third-order valence-electron chi connectivity index (χ3n) is 2.67. The highest BCUT2D eigenvalue weighted by molar-refractivity contribution is 8.14. The van der Waals surface area contributed by atoms with Crippen molar-refractivity contribution >= 4 is 28.9 Å². The van der Waals surface area contributed by atoms with Crippen LogP contribution in [0.3, 0.4) is 0 Å². The van der Waals surface area contributed by atoms with Crippen LogP contribution in [0.25, 0.3) is 0 Å². The molecule has 0 radical (unpaired) electrons. The number of benzene rings is 1. The second-order valence-corrected chi connectivity index (χ2v) is 7.22. The highest BCUT2D eigenvalue weighted by Gasteiger charge is 2.33. The van der Waals surface area contributed by atoms with Gasteiger partial charge in [0, 0.05) is 6.92 Å². The summed E-state index contributed by atoms with van der Waals surface area (Å²) in [6.45, 7) is 6.42. The Bertz CT molecular complexity index is 568. The lowest BCUT2D eigenvalue weighted by atomic mass is 10.0. The first kappa shape index (κ1) is 19.0. The first-order valence-corrected chi connectivity index (χ1v) is 7.92. The Balaban J connectivity index is 3.08. The molecule has 126 valence electrons. The fourth-order valence-electron chi connectivity index (χ4n) is 1.87. The van der Waals surface area contributed by atoms with Crippen LogP contribution in [0.15, 0.2) is 30.3 Å². The lowest BCUT2D eigenvalue weighted by Crippen LogP contribution is -2.41. The van der Waals surface area contributed by atoms with Crippen LogP contribution in [0.5, 0.6) is 0 Å². The summed E-state index contributed by atoms with van der Waals surface area (Å²) in [5.74, 6) is -1.19. The van der Waals surface area contributed by atoms with E-state index in [-0.39, 0.29) is 5.12 Å². The molecule has 0 aliphatic heterocycles. The van der Waals surface area contributed by atoms with E-state index in [0.29, 0.717) is 17.3 Å². The maximum Gasteiger partial charge on any atom is 0.408 e. The smallest absolute Gasteiger partial charge is 0.408 e. The van der Waals surface area contributed by atoms with Crippen LogP contribution < -0.4 is 5.32 Å². The molecule has 2 atom stereocenters. The minimum Gasteiger partial charge on any atom is -0.480 e. The molecule has 0 aliphatic carbocycles. The van der Waals surface area contributed by atoms with Gasteiger partial charge in [0.25, 0.3) is 0 Å². The van der Waals surface area contributed by atoms with Crippen molar-refractivity contribution in [2.75, 3.05) is 0 Å². The van der Waals surface area contributed by atoms with E-state index >= 15 is 0 Å². The van der Waals surface area contributed by atoms with Crippen molar-refractivity contribution in [3.8, 4) is 0 Å². The molecule has 0 spiro atoms. The van der Waals surface area contributed by atoms with Crippen LogP contribution in [0.4, 0.5) is 4.79 Å². The molecule has 0 saturated heterocycles. The Kier molecular flexibility index (Phi) is 6.62. The van der Waals surface area contributed by atoms with Crippen molar-refractivity contribution in [3.05, 3.63) is 35.9 Å². The number of rotatable bonds is 5. The van der Waals surface area contributed by atoms with Crippen LogP contribution in [0.1, 0.15) is 39.3 Å². The van der Waals surface area contributed by atoms with E-state index in [1.807, 2.05) is 0 Å². The first-order valence-electron chi connectivity index (χ1n) is 7.04. The van der Waals surface area contributed by atoms with Crippen molar-refractivity contribution in [1.82, 2.24) is 5.32 Å². The van der Waals surface area contributed by atoms with Crippen molar-refractivity contribution in [2.24, 2.45) is 0 Å². The molecular formula is C16H21NO5S. The monoisotopic (exact) mass is 339 g/mol. The summed E-state index contributed by atoms with van der Waals surface area (Å²) >= 11 is 0.662. The first-order chi connectivity index (χ1) is 10.6. The fourth-order valence-corrected chi connectivity index (χ4v) is 2.69. The zero-order valence-electron chi connectivity index (χ0n) is 13.5. The van der Waals surface area contributed by atoms with E-state index in [1.54, 1.807) is 51.1 Å². The van der Waals surface area contributed by atoms with E-state index in [4.69, 9.17) is 4.74 Å². The van der Waals surface area contributed by atoms with Crippen molar-refractivity contribution in [2.45, 2.75) is 44.6 Å². The Labute approximate surface area is 139 Å². The predicted molar refractivity (Wildman–Crippen MR) is 88.2 cm³/mol. The van der Waals surface area contributed by atoms with Crippen LogP contribution in [-0.4, -0.2) is 33.1 Å². The SMILES string of the molecule is CC(=O)SC(C(=O)O)[C@@H](NC(=O)OC(C)(C)C)c1ccccc1. The summed E-state index contributed by atoms with van der Waals surface area (Å²) in [4.78, 5) is 35.0. The van der Waals surface area contributed by atoms with Gasteiger partial charge in [-0.3, -0.25) is 9.59 Å². The molecule has 0 saturated carbocycles. The normalized spacial score (nSPS) is 13.7. The average Bonchev–Trinajstić information content (AvgIpc) is 2.41. The molecule has 1 aromatic carbocycles. The number of thioether (sulfide) groups is 1. The summed E-state index contributed by atoms with van der Waals surface area (Å²) in [5.41, 5.74) is -0.128. The second kappa shape index (κ2) is 8.01. The highest BCUT2D eigenvalue weighted by atomic mass is 32.2. The predicted octanol–water partition coefficient (Wildman–Crippen LogP) is 2.99. The standard InChI is InChI=1S/C16H21NO5S/c1-10(18)23-13(14(19)20)12(11-8-6-5-7-9-11)17-15(21)22-16(2,3)4/h5-9,12-13H,1-4H3,(H,17,21)(H,19,20)/t12-,13?/m0/s1. The summed E-state index contributed by atoms with van der Waals surface area (Å²) < 4.78 is 5.19. The van der Waals surface area contributed by atoms with Gasteiger partial charge in [-0.05, 0) is 26.3 Å². The summed E-state index contributed by atoms with van der Waals surface area (Å²) in [7, 11) is 0. The molecule has 1 rings (SSSR count). The number of carboxylic acids is 1. The third-order valence-corrected chi connectivity index (χ3v) is 3.73. The summed E-state index contributed by atoms with van der Waals surface area (Å²) in [6, 6.07) is 7.74. The van der Waals surface area contributed by atoms with Gasteiger partial charge in [0.2, 0.25) is 0 Å². The number of hydrogen-bond acceptors (Lipinski definition) is 5. The third kappa shape index (κ3) is 6.73. The zero-order valence-corrected chi connectivity index (χ0v) is 14.3. The van der Waals surface area contributed by atoms with Gasteiger partial charge in [-0.15, -0.1) is 0 Å². The van der Waals surface area contributed by atoms with Crippen LogP contribution in [0.2, 0.25) is 0 Å². The van der Waals surface area contributed by atoms with Crippen molar-refractivity contribution < 1.29 is 24.2 Å². The Morgan fingerprint density at radius 2 is 1.74 bits per heavy atom. The molecule has 0 aromatic heterocycles. The van der Waals surface area contributed by atoms with Gasteiger partial charge in [0.15, 0.2) is 5.12 Å². The quantitative estimate of drug-likeness (QED) is 0.857. The number of nitrogens with one attached hydrogen (secondary N) is 1. The zero-order chi connectivity index (χ0) is 17.6. The fraction of sp³-hybridized carbons (Fsp3) is 0.438. The Morgan fingerprint density at radius 3 is 2.17 bits per heavy atom. The number of ether oxygens (including phenoxy) is 1. The number of amides is 1. The summed E-state index contributed by atoms with van der Waals surface area (Å²) in [5, 5.41) is 10.5. The number of carboxylic acid groups (broad SMARTS) is 1. The maximum absolute atomic E-state index is 12.0. The molecule has 0 fully saturated rings. The average molecular weight is 339 g/mol. The molecule has 1 aromatic rings. The van der Waals surface area contributed by atoms with Gasteiger partial charge < -0.3 is 15.2 Å². The lowest BCUT2D eigenvalue weighted by Gasteiger charge is -2.26. The molecule has 2 N–H and O–H groups in total. The number of hydrogen-bond donors (Lipinski definition) is 2. The Hall–Kier alpha value is -2.02. The molecule has 7 heteroatoms. The number of alkyl carbamates (subject to hydrolysis) is 1. The van der Waals surface area contributed by atoms with E-state index in [9.17, 15) is 19.5 Å². The number of carbonyl (C=O) groups excluding carboxylic acids is 2. The Morgan fingerprint density at radius 1 is 1.17 bits per heavy atom. The van der Waals surface area contributed by atoms with E-state index in [1.165, 1.54) is 6.92 Å². The summed E-state index contributed by atoms with van der Waals surface area (Å²) in [6.07, 6.45) is -0.734. The van der Waals surface area contributed by atoms with Gasteiger partial charge in [0.05, 0.1) is 6.04 Å². The minimum atomic E-state index is -1.19. The lowest BCUT2D eigenvalue weighted by molar-refractivity contribution is -0.137.